The topological polar surface area (TPSA) is 35.6 Å². The molecule has 0 aromatic rings. The number of nitrogens with one attached hydrogen (secondary N) is 1. The molecule has 2 rings (SSSR count). The van der Waals surface area contributed by atoms with Crippen LogP contribution in [0.3, 0.4) is 0 Å². The van der Waals surface area contributed by atoms with Crippen molar-refractivity contribution in [3.05, 3.63) is 0 Å². The first-order chi connectivity index (χ1) is 8.33. The maximum atomic E-state index is 12.5. The van der Waals surface area contributed by atoms with Crippen molar-refractivity contribution < 1.29 is 4.79 Å². The van der Waals surface area contributed by atoms with E-state index in [0.29, 0.717) is 6.04 Å². The summed E-state index contributed by atoms with van der Waals surface area (Å²) in [5, 5.41) is 3.36. The van der Waals surface area contributed by atoms with Gasteiger partial charge in [-0.05, 0) is 52.1 Å². The van der Waals surface area contributed by atoms with Crippen LogP contribution in [0.5, 0.6) is 0 Å². The van der Waals surface area contributed by atoms with E-state index in [0.717, 1.165) is 45.6 Å². The van der Waals surface area contributed by atoms with Gasteiger partial charge in [-0.3, -0.25) is 0 Å². The Balaban J connectivity index is 1.93. The van der Waals surface area contributed by atoms with Crippen LogP contribution < -0.4 is 5.32 Å². The van der Waals surface area contributed by atoms with E-state index in [1.807, 2.05) is 0 Å². The number of nitrogens with zero attached hydrogens (tertiary/aromatic N) is 2. The van der Waals surface area contributed by atoms with Crippen molar-refractivity contribution in [2.45, 2.75) is 45.1 Å². The first-order valence-electron chi connectivity index (χ1n) is 7.09. The molecule has 4 nitrogen and oxygen atoms in total. The molecular formula is C13H25N3O. The van der Waals surface area contributed by atoms with Gasteiger partial charge in [0.25, 0.3) is 0 Å². The Bertz CT molecular complexity index is 245. The zero-order valence-corrected chi connectivity index (χ0v) is 11.0. The molecule has 0 bridgehead atoms. The van der Waals surface area contributed by atoms with E-state index in [4.69, 9.17) is 0 Å². The van der Waals surface area contributed by atoms with Gasteiger partial charge in [-0.15, -0.1) is 0 Å². The number of rotatable bonds is 2. The smallest absolute Gasteiger partial charge is 0.320 e. The summed E-state index contributed by atoms with van der Waals surface area (Å²) >= 11 is 0. The van der Waals surface area contributed by atoms with Crippen LogP contribution in [0, 0.1) is 0 Å². The standard InChI is InChI=1S/C13H25N3O/c1-2-16(12-6-8-14-9-7-12)13(17)15-10-4-3-5-11-15/h12,14H,2-11H2,1H3. The molecule has 98 valence electrons. The predicted octanol–water partition coefficient (Wildman–Crippen LogP) is 1.67. The minimum atomic E-state index is 0.277. The van der Waals surface area contributed by atoms with Crippen molar-refractivity contribution in [1.82, 2.24) is 15.1 Å². The minimum absolute atomic E-state index is 0.277. The third-order valence-corrected chi connectivity index (χ3v) is 3.96. The molecule has 2 fully saturated rings. The van der Waals surface area contributed by atoms with E-state index < -0.39 is 0 Å². The second-order valence-electron chi connectivity index (χ2n) is 5.10. The molecule has 0 radical (unpaired) electrons. The van der Waals surface area contributed by atoms with Gasteiger partial charge in [0.05, 0.1) is 0 Å². The first kappa shape index (κ1) is 12.7. The van der Waals surface area contributed by atoms with Gasteiger partial charge in [-0.25, -0.2) is 4.79 Å². The van der Waals surface area contributed by atoms with Crippen molar-refractivity contribution in [3.8, 4) is 0 Å². The van der Waals surface area contributed by atoms with Gasteiger partial charge in [-0.1, -0.05) is 0 Å². The fourth-order valence-corrected chi connectivity index (χ4v) is 2.93. The van der Waals surface area contributed by atoms with Crippen LogP contribution in [-0.4, -0.2) is 54.6 Å². The molecule has 0 aromatic carbocycles. The van der Waals surface area contributed by atoms with Gasteiger partial charge >= 0.3 is 6.03 Å². The lowest BCUT2D eigenvalue weighted by Gasteiger charge is -2.38. The van der Waals surface area contributed by atoms with Gasteiger partial charge in [0.15, 0.2) is 0 Å². The largest absolute Gasteiger partial charge is 0.325 e. The van der Waals surface area contributed by atoms with E-state index >= 15 is 0 Å². The molecule has 0 aliphatic carbocycles. The number of likely N-dealkylation sites (tertiary alicyclic amines) is 1. The highest BCUT2D eigenvalue weighted by Crippen LogP contribution is 2.17. The van der Waals surface area contributed by atoms with E-state index in [1.165, 1.54) is 19.3 Å². The molecule has 0 spiro atoms. The zero-order valence-electron chi connectivity index (χ0n) is 11.0. The molecule has 0 unspecified atom stereocenters. The highest BCUT2D eigenvalue weighted by atomic mass is 16.2. The number of carbonyl (C=O) groups is 1. The Labute approximate surface area is 104 Å². The molecular weight excluding hydrogens is 214 g/mol. The van der Waals surface area contributed by atoms with Crippen molar-refractivity contribution in [2.24, 2.45) is 0 Å². The maximum Gasteiger partial charge on any atom is 0.320 e. The van der Waals surface area contributed by atoms with Crippen LogP contribution >= 0.6 is 0 Å². The van der Waals surface area contributed by atoms with E-state index in [1.54, 1.807) is 0 Å². The predicted molar refractivity (Wildman–Crippen MR) is 69.1 cm³/mol. The van der Waals surface area contributed by atoms with Crippen molar-refractivity contribution in [1.29, 1.82) is 0 Å². The third-order valence-electron chi connectivity index (χ3n) is 3.96. The van der Waals surface area contributed by atoms with Crippen LogP contribution in [-0.2, 0) is 0 Å². The van der Waals surface area contributed by atoms with Crippen LogP contribution in [0.25, 0.3) is 0 Å². The fraction of sp³-hybridized carbons (Fsp3) is 0.923. The molecule has 1 N–H and O–H groups in total. The molecule has 2 aliphatic rings. The average Bonchev–Trinajstić information content (AvgIpc) is 2.42. The third kappa shape index (κ3) is 3.12. The Morgan fingerprint density at radius 1 is 1.24 bits per heavy atom. The molecule has 0 saturated carbocycles. The lowest BCUT2D eigenvalue weighted by atomic mass is 10.0. The van der Waals surface area contributed by atoms with Crippen LogP contribution in [0.1, 0.15) is 39.0 Å². The van der Waals surface area contributed by atoms with Gasteiger partial charge in [0.2, 0.25) is 0 Å². The molecule has 2 saturated heterocycles. The lowest BCUT2D eigenvalue weighted by Crippen LogP contribution is -2.52. The van der Waals surface area contributed by atoms with E-state index in [9.17, 15) is 4.79 Å². The molecule has 2 amide bonds. The van der Waals surface area contributed by atoms with Gasteiger partial charge in [0, 0.05) is 25.7 Å². The quantitative estimate of drug-likeness (QED) is 0.795. The summed E-state index contributed by atoms with van der Waals surface area (Å²) in [5.74, 6) is 0. The van der Waals surface area contributed by atoms with Gasteiger partial charge in [0.1, 0.15) is 0 Å². The van der Waals surface area contributed by atoms with Crippen molar-refractivity contribution in [3.63, 3.8) is 0 Å². The molecule has 4 heteroatoms. The molecule has 2 aliphatic heterocycles. The average molecular weight is 239 g/mol. The second kappa shape index (κ2) is 6.24. The normalized spacial score (nSPS) is 22.5. The number of urea groups is 1. The highest BCUT2D eigenvalue weighted by molar-refractivity contribution is 5.74. The van der Waals surface area contributed by atoms with Crippen molar-refractivity contribution >= 4 is 6.03 Å². The molecule has 2 heterocycles. The summed E-state index contributed by atoms with van der Waals surface area (Å²) < 4.78 is 0. The summed E-state index contributed by atoms with van der Waals surface area (Å²) in [5.41, 5.74) is 0. The Hall–Kier alpha value is -0.770. The van der Waals surface area contributed by atoms with Gasteiger partial charge < -0.3 is 15.1 Å². The number of hydrogen-bond acceptors (Lipinski definition) is 2. The number of amides is 2. The van der Waals surface area contributed by atoms with Crippen LogP contribution in [0.4, 0.5) is 4.79 Å². The maximum absolute atomic E-state index is 12.5. The first-order valence-corrected chi connectivity index (χ1v) is 7.09. The fourth-order valence-electron chi connectivity index (χ4n) is 2.93. The highest BCUT2D eigenvalue weighted by Gasteiger charge is 2.28. The van der Waals surface area contributed by atoms with Crippen LogP contribution in [0.15, 0.2) is 0 Å². The summed E-state index contributed by atoms with van der Waals surface area (Å²) in [4.78, 5) is 16.6. The van der Waals surface area contributed by atoms with Crippen LogP contribution in [0.2, 0.25) is 0 Å². The molecule has 0 aromatic heterocycles. The minimum Gasteiger partial charge on any atom is -0.325 e. The van der Waals surface area contributed by atoms with E-state index in [2.05, 4.69) is 22.0 Å². The Kier molecular flexibility index (Phi) is 4.66. The summed E-state index contributed by atoms with van der Waals surface area (Å²) in [7, 11) is 0. The SMILES string of the molecule is CCN(C(=O)N1CCCCC1)C1CCNCC1. The number of piperidine rings is 2. The lowest BCUT2D eigenvalue weighted by molar-refractivity contribution is 0.118. The monoisotopic (exact) mass is 239 g/mol. The molecule has 0 atom stereocenters. The number of hydrogen-bond donors (Lipinski definition) is 1. The Morgan fingerprint density at radius 2 is 1.88 bits per heavy atom. The Morgan fingerprint density at radius 3 is 2.47 bits per heavy atom. The summed E-state index contributed by atoms with van der Waals surface area (Å²) in [6.45, 7) is 6.97. The van der Waals surface area contributed by atoms with Crippen molar-refractivity contribution in [2.75, 3.05) is 32.7 Å². The van der Waals surface area contributed by atoms with E-state index in [-0.39, 0.29) is 6.03 Å². The summed E-state index contributed by atoms with van der Waals surface area (Å²) in [6, 6.07) is 0.731. The summed E-state index contributed by atoms with van der Waals surface area (Å²) in [6.07, 6.45) is 5.84. The molecule has 17 heavy (non-hydrogen) atoms. The number of carbonyl (C=O) groups excluding carboxylic acids is 1. The van der Waals surface area contributed by atoms with Gasteiger partial charge in [-0.2, -0.15) is 0 Å². The second-order valence-corrected chi connectivity index (χ2v) is 5.10. The zero-order chi connectivity index (χ0) is 12.1.